The lowest BCUT2D eigenvalue weighted by atomic mass is 9.91. The normalized spacial score (nSPS) is 11.7. The van der Waals surface area contributed by atoms with Gasteiger partial charge in [-0.1, -0.05) is 97.4 Å². The lowest BCUT2D eigenvalue weighted by molar-refractivity contribution is -0.130. The predicted octanol–water partition coefficient (Wildman–Crippen LogP) is 6.56. The quantitative estimate of drug-likeness (QED) is 0.0295. The number of unbranched alkanes of at least 4 members (excludes halogenated alkanes) is 2. The topological polar surface area (TPSA) is 281 Å². The number of ketones is 2. The van der Waals surface area contributed by atoms with E-state index in [-0.39, 0.29) is 75.6 Å². The SMILES string of the molecule is CC(=O)CCOCCOCCOCCOCCOCCC(=O)NCCCOCCOCCOCCCNC(=O)[C@H](CCCCNC(=O)OCc1ccccc1)CC(=O)[C@H](CCCCNC(=O)OCc1ccccc1)NC(=O)OCc1ccccc1. The van der Waals surface area contributed by atoms with E-state index in [2.05, 4.69) is 26.6 Å². The number of amides is 5. The van der Waals surface area contributed by atoms with Gasteiger partial charge in [-0.3, -0.25) is 19.2 Å². The molecule has 0 aliphatic rings. The lowest BCUT2D eigenvalue weighted by Gasteiger charge is -2.21. The first-order valence-electron chi connectivity index (χ1n) is 29.6. The summed E-state index contributed by atoms with van der Waals surface area (Å²) >= 11 is 0. The van der Waals surface area contributed by atoms with E-state index < -0.39 is 30.2 Å². The fraction of sp³-hybridized carbons (Fsp3) is 0.597. The van der Waals surface area contributed by atoms with Crippen LogP contribution in [0.5, 0.6) is 0 Å². The molecule has 23 nitrogen and oxygen atoms in total. The second-order valence-electron chi connectivity index (χ2n) is 19.5. The maximum atomic E-state index is 14.1. The summed E-state index contributed by atoms with van der Waals surface area (Å²) < 4.78 is 60.1. The average molecular weight is 1200 g/mol. The van der Waals surface area contributed by atoms with Crippen molar-refractivity contribution in [3.05, 3.63) is 108 Å². The molecule has 0 spiro atoms. The number of carbonyl (C=O) groups is 7. The molecule has 474 valence electrons. The van der Waals surface area contributed by atoms with Gasteiger partial charge in [-0.15, -0.1) is 0 Å². The molecule has 0 aliphatic heterocycles. The molecular formula is C62H93N5O18. The van der Waals surface area contributed by atoms with Crippen LogP contribution in [0, 0.1) is 5.92 Å². The van der Waals surface area contributed by atoms with Gasteiger partial charge in [0, 0.05) is 64.6 Å². The standard InChI is InChI=1S/C62H93N5O18/c1-51(68)25-33-77-37-41-80-43-45-82-46-44-81-42-38-78-34-26-58(70)63-29-15-31-75-35-39-79-40-36-76-32-16-30-64-59(71)55(23-11-13-27-65-60(72)83-48-52-17-5-2-6-18-52)47-57(69)56(67-62(74)85-50-54-21-9-4-10-22-54)24-12-14-28-66-61(73)84-49-53-19-7-3-8-20-53/h2-10,17-22,55-56H,11-16,23-50H2,1H3,(H,63,70)(H,64,71)(H,65,72)(H,66,73)(H,67,74)/t55-,56+/m1/s1. The first-order chi connectivity index (χ1) is 41.6. The van der Waals surface area contributed by atoms with E-state index in [1.54, 1.807) is 0 Å². The van der Waals surface area contributed by atoms with Gasteiger partial charge in [0.15, 0.2) is 5.78 Å². The van der Waals surface area contributed by atoms with Crippen LogP contribution in [0.3, 0.4) is 0 Å². The van der Waals surface area contributed by atoms with Gasteiger partial charge in [0.1, 0.15) is 25.6 Å². The Morgan fingerprint density at radius 1 is 0.376 bits per heavy atom. The summed E-state index contributed by atoms with van der Waals surface area (Å²) in [7, 11) is 0. The monoisotopic (exact) mass is 1200 g/mol. The molecule has 5 amide bonds. The summed E-state index contributed by atoms with van der Waals surface area (Å²) in [5, 5.41) is 14.0. The molecule has 5 N–H and O–H groups in total. The van der Waals surface area contributed by atoms with Crippen molar-refractivity contribution >= 4 is 41.7 Å². The minimum absolute atomic E-state index is 0.00141. The third kappa shape index (κ3) is 42.0. The summed E-state index contributed by atoms with van der Waals surface area (Å²) in [6.45, 7) is 9.52. The van der Waals surface area contributed by atoms with E-state index in [1.165, 1.54) is 6.92 Å². The van der Waals surface area contributed by atoms with E-state index in [4.69, 9.17) is 52.1 Å². The van der Waals surface area contributed by atoms with Crippen LogP contribution < -0.4 is 26.6 Å². The van der Waals surface area contributed by atoms with Gasteiger partial charge in [-0.2, -0.15) is 0 Å². The van der Waals surface area contributed by atoms with Crippen molar-refractivity contribution in [3.63, 3.8) is 0 Å². The van der Waals surface area contributed by atoms with Crippen LogP contribution in [-0.2, 0) is 91.1 Å². The second kappa shape index (κ2) is 50.7. The fourth-order valence-corrected chi connectivity index (χ4v) is 7.78. The Morgan fingerprint density at radius 2 is 0.741 bits per heavy atom. The van der Waals surface area contributed by atoms with E-state index in [1.807, 2.05) is 91.0 Å². The lowest BCUT2D eigenvalue weighted by Crippen LogP contribution is -2.43. The molecule has 3 rings (SSSR count). The van der Waals surface area contributed by atoms with Gasteiger partial charge >= 0.3 is 18.3 Å². The molecule has 0 bridgehead atoms. The maximum Gasteiger partial charge on any atom is 0.408 e. The van der Waals surface area contributed by atoms with Gasteiger partial charge in [-0.05, 0) is 68.6 Å². The van der Waals surface area contributed by atoms with E-state index in [0.717, 1.165) is 16.7 Å². The van der Waals surface area contributed by atoms with Crippen molar-refractivity contribution < 1.29 is 85.7 Å². The van der Waals surface area contributed by atoms with E-state index >= 15 is 0 Å². The summed E-state index contributed by atoms with van der Waals surface area (Å²) in [5.41, 5.74) is 2.49. The molecule has 0 fully saturated rings. The molecule has 85 heavy (non-hydrogen) atoms. The number of hydrogen-bond acceptors (Lipinski definition) is 18. The van der Waals surface area contributed by atoms with Crippen LogP contribution in [0.25, 0.3) is 0 Å². The van der Waals surface area contributed by atoms with Crippen LogP contribution >= 0.6 is 0 Å². The van der Waals surface area contributed by atoms with E-state index in [0.29, 0.717) is 170 Å². The fourth-order valence-electron chi connectivity index (χ4n) is 7.78. The number of ether oxygens (including phenoxy) is 11. The summed E-state index contributed by atoms with van der Waals surface area (Å²) in [6.07, 6.45) is 2.29. The summed E-state index contributed by atoms with van der Waals surface area (Å²) in [5.74, 6) is -1.40. The second-order valence-corrected chi connectivity index (χ2v) is 19.5. The molecule has 0 saturated carbocycles. The first kappa shape index (κ1) is 72.7. The molecule has 3 aromatic rings. The summed E-state index contributed by atoms with van der Waals surface area (Å²) in [4.78, 5) is 88.6. The molecule has 2 atom stereocenters. The Labute approximate surface area is 501 Å². The van der Waals surface area contributed by atoms with Crippen LogP contribution in [0.1, 0.15) is 94.2 Å². The van der Waals surface area contributed by atoms with Crippen molar-refractivity contribution in [2.24, 2.45) is 5.92 Å². The molecule has 0 heterocycles. The van der Waals surface area contributed by atoms with Crippen molar-refractivity contribution in [3.8, 4) is 0 Å². The highest BCUT2D eigenvalue weighted by Gasteiger charge is 2.28. The van der Waals surface area contributed by atoms with E-state index in [9.17, 15) is 33.6 Å². The predicted molar refractivity (Wildman–Crippen MR) is 315 cm³/mol. The zero-order valence-corrected chi connectivity index (χ0v) is 49.7. The number of rotatable bonds is 53. The maximum absolute atomic E-state index is 14.1. The number of benzene rings is 3. The van der Waals surface area contributed by atoms with Crippen molar-refractivity contribution in [1.29, 1.82) is 0 Å². The zero-order chi connectivity index (χ0) is 60.9. The van der Waals surface area contributed by atoms with Gasteiger partial charge in [0.25, 0.3) is 0 Å². The Kier molecular flexibility index (Phi) is 43.4. The van der Waals surface area contributed by atoms with Crippen molar-refractivity contribution in [2.75, 3.05) is 132 Å². The van der Waals surface area contributed by atoms with Crippen molar-refractivity contribution in [2.45, 2.75) is 103 Å². The first-order valence-corrected chi connectivity index (χ1v) is 29.6. The third-order valence-corrected chi connectivity index (χ3v) is 12.4. The number of Topliss-reactive ketones (excluding diaryl/α,β-unsaturated/α-hetero) is 2. The highest BCUT2D eigenvalue weighted by atomic mass is 16.6. The Morgan fingerprint density at radius 3 is 1.18 bits per heavy atom. The van der Waals surface area contributed by atoms with Crippen LogP contribution in [0.15, 0.2) is 91.0 Å². The molecule has 0 unspecified atom stereocenters. The Bertz CT molecular complexity index is 2220. The zero-order valence-electron chi connectivity index (χ0n) is 49.7. The summed E-state index contributed by atoms with van der Waals surface area (Å²) in [6, 6.07) is 26.8. The number of alkyl carbamates (subject to hydrolysis) is 3. The van der Waals surface area contributed by atoms with Gasteiger partial charge in [0.2, 0.25) is 11.8 Å². The number of nitrogens with one attached hydrogen (secondary N) is 5. The average Bonchev–Trinajstić information content (AvgIpc) is 3.60. The van der Waals surface area contributed by atoms with Crippen LogP contribution in [0.4, 0.5) is 14.4 Å². The minimum Gasteiger partial charge on any atom is -0.445 e. The Balaban J connectivity index is 1.29. The third-order valence-electron chi connectivity index (χ3n) is 12.4. The van der Waals surface area contributed by atoms with Gasteiger partial charge in [-0.25, -0.2) is 14.4 Å². The molecular weight excluding hydrogens is 1100 g/mol. The minimum atomic E-state index is -0.970. The molecule has 23 heteroatoms. The smallest absolute Gasteiger partial charge is 0.408 e. The highest BCUT2D eigenvalue weighted by Crippen LogP contribution is 2.18. The highest BCUT2D eigenvalue weighted by molar-refractivity contribution is 5.91. The molecule has 0 aliphatic carbocycles. The molecule has 0 aromatic heterocycles. The van der Waals surface area contributed by atoms with Crippen LogP contribution in [-0.4, -0.2) is 180 Å². The molecule has 0 saturated heterocycles. The van der Waals surface area contributed by atoms with Crippen LogP contribution in [0.2, 0.25) is 0 Å². The van der Waals surface area contributed by atoms with Gasteiger partial charge < -0.3 is 78.7 Å². The van der Waals surface area contributed by atoms with Gasteiger partial charge in [0.05, 0.1) is 98.5 Å². The molecule has 3 aromatic carbocycles. The van der Waals surface area contributed by atoms with Crippen molar-refractivity contribution in [1.82, 2.24) is 26.6 Å². The number of hydrogen-bond donors (Lipinski definition) is 5. The molecule has 0 radical (unpaired) electrons. The Hall–Kier alpha value is -6.57. The largest absolute Gasteiger partial charge is 0.445 e. The number of carbonyl (C=O) groups excluding carboxylic acids is 7.